The number of hydrogen-bond donors (Lipinski definition) is 1. The maximum Gasteiger partial charge on any atom is 0.0451 e. The second-order valence-electron chi connectivity index (χ2n) is 4.28. The van der Waals surface area contributed by atoms with Crippen LogP contribution in [-0.4, -0.2) is 31.6 Å². The molecule has 90 valence electrons. The number of halogens is 2. The molecule has 4 heteroatoms. The number of rotatable bonds is 5. The molecule has 0 aliphatic carbocycles. The van der Waals surface area contributed by atoms with Gasteiger partial charge in [0.05, 0.1) is 0 Å². The van der Waals surface area contributed by atoms with Gasteiger partial charge in [-0.05, 0) is 44.8 Å². The highest BCUT2D eigenvalue weighted by Gasteiger charge is 2.05. The fourth-order valence-electron chi connectivity index (χ4n) is 1.58. The van der Waals surface area contributed by atoms with Crippen LogP contribution in [0.5, 0.6) is 0 Å². The van der Waals surface area contributed by atoms with Gasteiger partial charge in [-0.25, -0.2) is 0 Å². The van der Waals surface area contributed by atoms with Crippen molar-refractivity contribution in [3.63, 3.8) is 0 Å². The van der Waals surface area contributed by atoms with Gasteiger partial charge in [-0.15, -0.1) is 0 Å². The highest BCUT2D eigenvalue weighted by Crippen LogP contribution is 2.20. The molecule has 0 spiro atoms. The van der Waals surface area contributed by atoms with E-state index in [1.165, 1.54) is 0 Å². The summed E-state index contributed by atoms with van der Waals surface area (Å²) in [5.41, 5.74) is 1.04. The zero-order valence-electron chi connectivity index (χ0n) is 9.93. The minimum absolute atomic E-state index is 0.421. The Morgan fingerprint density at radius 2 is 2.00 bits per heavy atom. The molecule has 0 amide bonds. The molecule has 0 heterocycles. The molecule has 16 heavy (non-hydrogen) atoms. The average molecular weight is 261 g/mol. The summed E-state index contributed by atoms with van der Waals surface area (Å²) < 4.78 is 0. The quantitative estimate of drug-likeness (QED) is 0.876. The Labute approximate surface area is 108 Å². The Bertz CT molecular complexity index is 340. The van der Waals surface area contributed by atoms with E-state index < -0.39 is 0 Å². The first kappa shape index (κ1) is 13.8. The van der Waals surface area contributed by atoms with Crippen molar-refractivity contribution >= 4 is 23.2 Å². The van der Waals surface area contributed by atoms with Crippen molar-refractivity contribution in [3.8, 4) is 0 Å². The van der Waals surface area contributed by atoms with Crippen molar-refractivity contribution in [1.82, 2.24) is 10.2 Å². The summed E-state index contributed by atoms with van der Waals surface area (Å²) in [7, 11) is 4.12. The summed E-state index contributed by atoms with van der Waals surface area (Å²) in [6, 6.07) is 5.96. The Balaban J connectivity index is 2.51. The molecule has 0 saturated carbocycles. The van der Waals surface area contributed by atoms with Crippen molar-refractivity contribution < 1.29 is 0 Å². The van der Waals surface area contributed by atoms with Crippen LogP contribution in [0.25, 0.3) is 0 Å². The van der Waals surface area contributed by atoms with Crippen LogP contribution < -0.4 is 5.32 Å². The molecule has 1 rings (SSSR count). The Morgan fingerprint density at radius 1 is 1.31 bits per heavy atom. The molecule has 0 radical (unpaired) electrons. The fourth-order valence-corrected chi connectivity index (χ4v) is 1.95. The first-order chi connectivity index (χ1) is 7.49. The van der Waals surface area contributed by atoms with Gasteiger partial charge >= 0.3 is 0 Å². The summed E-state index contributed by atoms with van der Waals surface area (Å²) in [5, 5.41) is 4.90. The van der Waals surface area contributed by atoms with Gasteiger partial charge in [0.2, 0.25) is 0 Å². The minimum Gasteiger partial charge on any atom is -0.309 e. The van der Waals surface area contributed by atoms with Gasteiger partial charge in [0.1, 0.15) is 0 Å². The Morgan fingerprint density at radius 3 is 2.62 bits per heavy atom. The number of benzene rings is 1. The van der Waals surface area contributed by atoms with Gasteiger partial charge in [-0.2, -0.15) is 0 Å². The van der Waals surface area contributed by atoms with E-state index in [-0.39, 0.29) is 0 Å². The van der Waals surface area contributed by atoms with Crippen LogP contribution in [-0.2, 0) is 6.54 Å². The molecule has 0 aliphatic heterocycles. The molecular weight excluding hydrogens is 243 g/mol. The second-order valence-corrected chi connectivity index (χ2v) is 5.12. The van der Waals surface area contributed by atoms with Crippen LogP contribution in [0, 0.1) is 0 Å². The molecule has 0 bridgehead atoms. The van der Waals surface area contributed by atoms with Crippen LogP contribution in [0.1, 0.15) is 12.5 Å². The zero-order chi connectivity index (χ0) is 12.1. The predicted molar refractivity (Wildman–Crippen MR) is 71.3 cm³/mol. The fraction of sp³-hybridized carbons (Fsp3) is 0.500. The summed E-state index contributed by atoms with van der Waals surface area (Å²) in [4.78, 5) is 2.15. The maximum atomic E-state index is 6.08. The topological polar surface area (TPSA) is 15.3 Å². The monoisotopic (exact) mass is 260 g/mol. The average Bonchev–Trinajstić information content (AvgIpc) is 2.18. The lowest BCUT2D eigenvalue weighted by molar-refractivity contribution is 0.349. The number of nitrogens with zero attached hydrogens (tertiary/aromatic N) is 1. The molecule has 1 aromatic carbocycles. The van der Waals surface area contributed by atoms with Gasteiger partial charge in [0, 0.05) is 29.2 Å². The Kier molecular flexibility index (Phi) is 5.56. The summed E-state index contributed by atoms with van der Waals surface area (Å²) in [5.74, 6) is 0. The lowest BCUT2D eigenvalue weighted by Gasteiger charge is -2.18. The van der Waals surface area contributed by atoms with Crippen LogP contribution in [0.15, 0.2) is 18.2 Å². The number of likely N-dealkylation sites (N-methyl/N-ethyl adjacent to an activating group) is 1. The normalized spacial score (nSPS) is 13.1. The van der Waals surface area contributed by atoms with Gasteiger partial charge in [0.15, 0.2) is 0 Å². The van der Waals surface area contributed by atoms with Gasteiger partial charge in [-0.3, -0.25) is 0 Å². The zero-order valence-corrected chi connectivity index (χ0v) is 11.4. The molecule has 0 aromatic heterocycles. The van der Waals surface area contributed by atoms with Crippen molar-refractivity contribution in [3.05, 3.63) is 33.8 Å². The largest absolute Gasteiger partial charge is 0.309 e. The predicted octanol–water partition coefficient (Wildman–Crippen LogP) is 3.03. The smallest absolute Gasteiger partial charge is 0.0451 e. The third-order valence-corrected chi connectivity index (χ3v) is 2.89. The van der Waals surface area contributed by atoms with Crippen molar-refractivity contribution in [2.75, 3.05) is 20.6 Å². The maximum absolute atomic E-state index is 6.08. The van der Waals surface area contributed by atoms with E-state index in [9.17, 15) is 0 Å². The van der Waals surface area contributed by atoms with Gasteiger partial charge in [-0.1, -0.05) is 23.2 Å². The molecule has 1 unspecified atom stereocenters. The highest BCUT2D eigenvalue weighted by atomic mass is 35.5. The SMILES string of the molecule is CC(CN(C)C)NCc1cc(Cl)ccc1Cl. The standard InChI is InChI=1S/C12H18Cl2N2/c1-9(8-16(2)3)15-7-10-6-11(13)4-5-12(10)14/h4-6,9,15H,7-8H2,1-3H3. The Hall–Kier alpha value is -0.280. The third-order valence-electron chi connectivity index (χ3n) is 2.29. The molecule has 1 atom stereocenters. The van der Waals surface area contributed by atoms with Gasteiger partial charge in [0.25, 0.3) is 0 Å². The van der Waals surface area contributed by atoms with E-state index in [0.29, 0.717) is 6.04 Å². The first-order valence-corrected chi connectivity index (χ1v) is 6.06. The van der Waals surface area contributed by atoms with E-state index in [4.69, 9.17) is 23.2 Å². The second kappa shape index (κ2) is 6.45. The van der Waals surface area contributed by atoms with Crippen LogP contribution >= 0.6 is 23.2 Å². The van der Waals surface area contributed by atoms with Crippen molar-refractivity contribution in [2.45, 2.75) is 19.5 Å². The lowest BCUT2D eigenvalue weighted by Crippen LogP contribution is -2.35. The van der Waals surface area contributed by atoms with Gasteiger partial charge < -0.3 is 10.2 Å². The van der Waals surface area contributed by atoms with E-state index in [1.807, 2.05) is 12.1 Å². The lowest BCUT2D eigenvalue weighted by atomic mass is 10.2. The number of hydrogen-bond acceptors (Lipinski definition) is 2. The first-order valence-electron chi connectivity index (χ1n) is 5.31. The van der Waals surface area contributed by atoms with Crippen LogP contribution in [0.3, 0.4) is 0 Å². The third kappa shape index (κ3) is 4.71. The molecule has 1 aromatic rings. The number of nitrogens with one attached hydrogen (secondary N) is 1. The van der Waals surface area contributed by atoms with E-state index in [0.717, 1.165) is 28.7 Å². The van der Waals surface area contributed by atoms with Crippen LogP contribution in [0.2, 0.25) is 10.0 Å². The van der Waals surface area contributed by atoms with Crippen molar-refractivity contribution in [1.29, 1.82) is 0 Å². The van der Waals surface area contributed by atoms with Crippen molar-refractivity contribution in [2.24, 2.45) is 0 Å². The van der Waals surface area contributed by atoms with E-state index >= 15 is 0 Å². The summed E-state index contributed by atoms with van der Waals surface area (Å²) in [6.45, 7) is 3.89. The molecule has 2 nitrogen and oxygen atoms in total. The molecule has 1 N–H and O–H groups in total. The highest BCUT2D eigenvalue weighted by molar-refractivity contribution is 6.33. The minimum atomic E-state index is 0.421. The van der Waals surface area contributed by atoms with E-state index in [1.54, 1.807) is 6.07 Å². The molecule has 0 aliphatic rings. The summed E-state index contributed by atoms with van der Waals surface area (Å²) in [6.07, 6.45) is 0. The molecule has 0 fully saturated rings. The van der Waals surface area contributed by atoms with Crippen LogP contribution in [0.4, 0.5) is 0 Å². The van der Waals surface area contributed by atoms with E-state index in [2.05, 4.69) is 31.2 Å². The molecular formula is C12H18Cl2N2. The molecule has 0 saturated heterocycles. The summed E-state index contributed by atoms with van der Waals surface area (Å²) >= 11 is 12.0.